The Balaban J connectivity index is 0.000000324. The van der Waals surface area contributed by atoms with Gasteiger partial charge in [-0.05, 0) is 47.6 Å². The van der Waals surface area contributed by atoms with Crippen LogP contribution in [0.4, 0.5) is 0 Å². The first-order chi connectivity index (χ1) is 13.4. The number of phenolic OH excluding ortho intramolecular Hbond substituents is 1. The standard InChI is InChI=1S/C12H21BrN4O.C7H6N2O/c1-4-6-8-17(12(13)15-3)10(14)9-11(18)16-7-5-2;10-5-1-2-6-7(3-5)9-4-8-6/h4,6,8,12,14-15H,1,5,7,9H2,2-3H3,(H,16,18);1-4,10H,(H,8,9)/b8-6-,14-10?;. The number of nitrogens with zero attached hydrogens (tertiary/aromatic N) is 2. The van der Waals surface area contributed by atoms with Gasteiger partial charge in [0.25, 0.3) is 0 Å². The van der Waals surface area contributed by atoms with Crippen molar-refractivity contribution in [1.29, 1.82) is 5.41 Å². The minimum Gasteiger partial charge on any atom is -0.508 e. The molecule has 0 aliphatic heterocycles. The van der Waals surface area contributed by atoms with Gasteiger partial charge in [-0.2, -0.15) is 0 Å². The number of allylic oxidation sites excluding steroid dienone is 2. The molecule has 28 heavy (non-hydrogen) atoms. The van der Waals surface area contributed by atoms with Gasteiger partial charge in [0, 0.05) is 18.8 Å². The molecule has 8 nitrogen and oxygen atoms in total. The average molecular weight is 451 g/mol. The SMILES string of the molecule is C=C/C=C\N(C(=N)CC(=O)NCCC)C(Br)NC.Oc1ccc2nc[nH]c2c1. The zero-order chi connectivity index (χ0) is 20.9. The van der Waals surface area contributed by atoms with Crippen molar-refractivity contribution >= 4 is 38.7 Å². The number of alkyl halides is 1. The predicted molar refractivity (Wildman–Crippen MR) is 116 cm³/mol. The molecule has 1 atom stereocenters. The summed E-state index contributed by atoms with van der Waals surface area (Å²) in [4.78, 5) is 20.0. The Labute approximate surface area is 173 Å². The van der Waals surface area contributed by atoms with Crippen molar-refractivity contribution in [3.63, 3.8) is 0 Å². The lowest BCUT2D eigenvalue weighted by Gasteiger charge is -2.26. The molecule has 0 aliphatic carbocycles. The average Bonchev–Trinajstić information content (AvgIpc) is 3.14. The summed E-state index contributed by atoms with van der Waals surface area (Å²) in [5.41, 5.74) is 1.73. The predicted octanol–water partition coefficient (Wildman–Crippen LogP) is 3.05. The number of H-pyrrole nitrogens is 1. The smallest absolute Gasteiger partial charge is 0.227 e. The fourth-order valence-electron chi connectivity index (χ4n) is 2.09. The Morgan fingerprint density at radius 1 is 1.54 bits per heavy atom. The maximum atomic E-state index is 11.5. The van der Waals surface area contributed by atoms with Crippen LogP contribution in [0.5, 0.6) is 5.75 Å². The molecule has 2 rings (SSSR count). The monoisotopic (exact) mass is 450 g/mol. The lowest BCUT2D eigenvalue weighted by molar-refractivity contribution is -0.120. The van der Waals surface area contributed by atoms with E-state index in [0.29, 0.717) is 6.54 Å². The summed E-state index contributed by atoms with van der Waals surface area (Å²) in [7, 11) is 1.76. The number of amides is 1. The number of phenols is 1. The van der Waals surface area contributed by atoms with Crippen molar-refractivity contribution in [3.05, 3.63) is 49.5 Å². The van der Waals surface area contributed by atoms with Gasteiger partial charge in [0.1, 0.15) is 16.7 Å². The van der Waals surface area contributed by atoms with Crippen molar-refractivity contribution in [2.24, 2.45) is 0 Å². The number of carbonyl (C=O) groups excluding carboxylic acids is 1. The number of carbonyl (C=O) groups is 1. The van der Waals surface area contributed by atoms with Crippen LogP contribution in [0, 0.1) is 5.41 Å². The van der Waals surface area contributed by atoms with E-state index in [-0.39, 0.29) is 29.0 Å². The molecule has 0 fully saturated rings. The molecule has 9 heteroatoms. The number of hydrogen-bond donors (Lipinski definition) is 5. The molecule has 0 radical (unpaired) electrons. The third kappa shape index (κ3) is 7.93. The summed E-state index contributed by atoms with van der Waals surface area (Å²) < 4.78 is 0. The van der Waals surface area contributed by atoms with Gasteiger partial charge in [0.2, 0.25) is 5.91 Å². The summed E-state index contributed by atoms with van der Waals surface area (Å²) in [5, 5.41) is 22.4. The van der Waals surface area contributed by atoms with E-state index in [1.165, 1.54) is 0 Å². The third-order valence-electron chi connectivity index (χ3n) is 3.48. The molecule has 5 N–H and O–H groups in total. The van der Waals surface area contributed by atoms with Crippen LogP contribution in [0.25, 0.3) is 11.0 Å². The van der Waals surface area contributed by atoms with Gasteiger partial charge in [-0.1, -0.05) is 19.6 Å². The topological polar surface area (TPSA) is 117 Å². The molecule has 0 saturated heterocycles. The van der Waals surface area contributed by atoms with Crippen molar-refractivity contribution in [3.8, 4) is 5.75 Å². The van der Waals surface area contributed by atoms with Gasteiger partial charge >= 0.3 is 0 Å². The molecule has 0 spiro atoms. The molecule has 0 bridgehead atoms. The van der Waals surface area contributed by atoms with Crippen LogP contribution in [0.2, 0.25) is 0 Å². The Hall–Kier alpha value is -2.65. The number of rotatable bonds is 8. The number of hydrogen-bond acceptors (Lipinski definition) is 5. The maximum Gasteiger partial charge on any atom is 0.227 e. The fraction of sp³-hybridized carbons (Fsp3) is 0.316. The maximum absolute atomic E-state index is 11.5. The van der Waals surface area contributed by atoms with Crippen LogP contribution in [-0.2, 0) is 4.79 Å². The first-order valence-corrected chi connectivity index (χ1v) is 9.69. The van der Waals surface area contributed by atoms with Crippen molar-refractivity contribution in [2.75, 3.05) is 13.6 Å². The molecule has 0 saturated carbocycles. The zero-order valence-electron chi connectivity index (χ0n) is 16.1. The fourth-order valence-corrected chi connectivity index (χ4v) is 2.47. The van der Waals surface area contributed by atoms with E-state index >= 15 is 0 Å². The first kappa shape index (κ1) is 23.4. The molecule has 1 amide bonds. The Bertz CT molecular complexity index is 805. The number of benzene rings is 1. The van der Waals surface area contributed by atoms with Crippen LogP contribution in [0.15, 0.2) is 49.5 Å². The minimum absolute atomic E-state index is 0.0469. The van der Waals surface area contributed by atoms with Gasteiger partial charge in [-0.25, -0.2) is 4.98 Å². The van der Waals surface area contributed by atoms with Gasteiger partial charge in [0.05, 0.1) is 23.8 Å². The van der Waals surface area contributed by atoms with Crippen LogP contribution < -0.4 is 10.6 Å². The van der Waals surface area contributed by atoms with Crippen LogP contribution >= 0.6 is 15.9 Å². The second-order valence-corrected chi connectivity index (χ2v) is 6.55. The second kappa shape index (κ2) is 12.7. The second-order valence-electron chi connectivity index (χ2n) is 5.69. The van der Waals surface area contributed by atoms with Gasteiger partial charge in [-0.15, -0.1) is 0 Å². The van der Waals surface area contributed by atoms with E-state index in [1.54, 1.807) is 54.8 Å². The number of nitrogens with one attached hydrogen (secondary N) is 4. The van der Waals surface area contributed by atoms with Crippen molar-refractivity contribution < 1.29 is 9.90 Å². The third-order valence-corrected chi connectivity index (χ3v) is 4.38. The van der Waals surface area contributed by atoms with Crippen LogP contribution in [0.3, 0.4) is 0 Å². The lowest BCUT2D eigenvalue weighted by Crippen LogP contribution is -2.41. The molecule has 0 aliphatic rings. The molecule has 1 heterocycles. The van der Waals surface area contributed by atoms with Crippen LogP contribution in [0.1, 0.15) is 19.8 Å². The van der Waals surface area contributed by atoms with E-state index in [1.807, 2.05) is 6.92 Å². The Kier molecular flexibility index (Phi) is 10.6. The van der Waals surface area contributed by atoms with Crippen molar-refractivity contribution in [2.45, 2.75) is 24.8 Å². The number of imidazole rings is 1. The molecule has 1 aromatic carbocycles. The van der Waals surface area contributed by atoms with E-state index in [2.05, 4.69) is 43.1 Å². The highest BCUT2D eigenvalue weighted by Crippen LogP contribution is 2.15. The molecular weight excluding hydrogens is 424 g/mol. The number of aromatic nitrogens is 2. The van der Waals surface area contributed by atoms with Crippen molar-refractivity contribution in [1.82, 2.24) is 25.5 Å². The normalized spacial score (nSPS) is 11.5. The number of fused-ring (bicyclic) bond motifs is 1. The van der Waals surface area contributed by atoms with Gasteiger partial charge in [0.15, 0.2) is 0 Å². The number of aromatic hydroxyl groups is 1. The minimum atomic E-state index is -0.236. The number of aromatic amines is 1. The van der Waals surface area contributed by atoms with Crippen LogP contribution in [-0.4, -0.2) is 50.4 Å². The highest BCUT2D eigenvalue weighted by atomic mass is 79.9. The van der Waals surface area contributed by atoms with E-state index in [4.69, 9.17) is 10.5 Å². The zero-order valence-corrected chi connectivity index (χ0v) is 17.7. The number of amidine groups is 1. The van der Waals surface area contributed by atoms with Gasteiger partial charge < -0.3 is 20.3 Å². The lowest BCUT2D eigenvalue weighted by atomic mass is 10.3. The summed E-state index contributed by atoms with van der Waals surface area (Å²) in [6.07, 6.45) is 7.56. The van der Waals surface area contributed by atoms with E-state index in [0.717, 1.165) is 17.5 Å². The molecule has 2 aromatic rings. The van der Waals surface area contributed by atoms with Gasteiger partial charge in [-0.3, -0.25) is 15.5 Å². The molecule has 1 unspecified atom stereocenters. The quantitative estimate of drug-likeness (QED) is 0.106. The Morgan fingerprint density at radius 3 is 2.93 bits per heavy atom. The summed E-state index contributed by atoms with van der Waals surface area (Å²) >= 11 is 3.37. The Morgan fingerprint density at radius 2 is 2.29 bits per heavy atom. The molecule has 1 aromatic heterocycles. The largest absolute Gasteiger partial charge is 0.508 e. The first-order valence-electron chi connectivity index (χ1n) is 8.78. The van der Waals surface area contributed by atoms with E-state index in [9.17, 15) is 4.79 Å². The molecule has 152 valence electrons. The summed E-state index contributed by atoms with van der Waals surface area (Å²) in [6, 6.07) is 5.02. The molecular formula is C19H27BrN6O2. The highest BCUT2D eigenvalue weighted by Gasteiger charge is 2.16. The van der Waals surface area contributed by atoms with E-state index < -0.39 is 0 Å². The summed E-state index contributed by atoms with van der Waals surface area (Å²) in [5.74, 6) is 0.323. The highest BCUT2D eigenvalue weighted by molar-refractivity contribution is 9.09. The summed E-state index contributed by atoms with van der Waals surface area (Å²) in [6.45, 7) is 6.20. The number of halogens is 1.